The van der Waals surface area contributed by atoms with Crippen molar-refractivity contribution in [3.05, 3.63) is 69.3 Å². The van der Waals surface area contributed by atoms with Gasteiger partial charge in [0, 0.05) is 5.56 Å². The second kappa shape index (κ2) is 6.43. The number of amides is 1. The molecule has 3 rings (SSSR count). The number of hydrogen-bond acceptors (Lipinski definition) is 3. The smallest absolute Gasteiger partial charge is 0.268 e. The molecule has 0 bridgehead atoms. The van der Waals surface area contributed by atoms with Crippen molar-refractivity contribution in [2.24, 2.45) is 0 Å². The number of carbonyl (C=O) groups is 1. The average Bonchev–Trinajstić information content (AvgIpc) is 2.79. The number of hydrogen-bond donors (Lipinski definition) is 0. The number of anilines is 1. The molecule has 1 aliphatic heterocycles. The van der Waals surface area contributed by atoms with Crippen molar-refractivity contribution >= 4 is 57.6 Å². The van der Waals surface area contributed by atoms with Crippen LogP contribution in [0.4, 0.5) is 10.1 Å². The Kier molecular flexibility index (Phi) is 4.53. The Hall–Kier alpha value is -1.69. The van der Waals surface area contributed by atoms with E-state index in [1.54, 1.807) is 6.07 Å². The Morgan fingerprint density at radius 2 is 1.91 bits per heavy atom. The normalized spacial score (nSPS) is 16.5. The molecule has 6 heteroatoms. The fourth-order valence-corrected chi connectivity index (χ4v) is 3.66. The Morgan fingerprint density at radius 1 is 1.22 bits per heavy atom. The second-order valence-corrected chi connectivity index (χ2v) is 7.07. The molecule has 1 fully saturated rings. The summed E-state index contributed by atoms with van der Waals surface area (Å²) in [6, 6.07) is 11.9. The Morgan fingerprint density at radius 3 is 2.57 bits per heavy atom. The molecule has 2 aromatic rings. The summed E-state index contributed by atoms with van der Waals surface area (Å²) in [6.07, 6.45) is 1.45. The minimum absolute atomic E-state index is 0.193. The van der Waals surface area contributed by atoms with Crippen LogP contribution >= 0.6 is 35.6 Å². The van der Waals surface area contributed by atoms with E-state index in [0.717, 1.165) is 17.3 Å². The number of benzene rings is 2. The summed E-state index contributed by atoms with van der Waals surface area (Å²) in [4.78, 5) is 14.4. The number of thiocarbonyl (C=S) groups is 1. The fourth-order valence-electron chi connectivity index (χ4n) is 2.16. The highest BCUT2D eigenvalue weighted by Crippen LogP contribution is 2.37. The summed E-state index contributed by atoms with van der Waals surface area (Å²) in [5.74, 6) is -0.749. The maximum Gasteiger partial charge on any atom is 0.270 e. The number of thioether (sulfide) groups is 1. The molecule has 0 saturated carbocycles. The Labute approximate surface area is 147 Å². The quantitative estimate of drug-likeness (QED) is 0.540. The van der Waals surface area contributed by atoms with E-state index in [0.29, 0.717) is 14.9 Å². The molecule has 2 nitrogen and oxygen atoms in total. The standard InChI is InChI=1S/C17H11ClFNOS2/c1-10-5-7-11(8-6-10)20-16(21)15(23-17(20)22)9-12-13(18)3-2-4-14(12)19/h2-9H,1H3. The lowest BCUT2D eigenvalue weighted by atomic mass is 10.2. The highest BCUT2D eigenvalue weighted by Gasteiger charge is 2.33. The second-order valence-electron chi connectivity index (χ2n) is 4.99. The summed E-state index contributed by atoms with van der Waals surface area (Å²) in [7, 11) is 0. The predicted molar refractivity (Wildman–Crippen MR) is 98.2 cm³/mol. The lowest BCUT2D eigenvalue weighted by Gasteiger charge is -2.14. The monoisotopic (exact) mass is 363 g/mol. The first-order valence-electron chi connectivity index (χ1n) is 6.76. The Bertz CT molecular complexity index is 813. The largest absolute Gasteiger partial charge is 0.270 e. The number of carbonyl (C=O) groups excluding carboxylic acids is 1. The van der Waals surface area contributed by atoms with Gasteiger partial charge in [0.05, 0.1) is 15.6 Å². The van der Waals surface area contributed by atoms with E-state index in [9.17, 15) is 9.18 Å². The van der Waals surface area contributed by atoms with Gasteiger partial charge in [-0.2, -0.15) is 0 Å². The minimum Gasteiger partial charge on any atom is -0.268 e. The molecule has 0 aromatic heterocycles. The molecular weight excluding hydrogens is 353 g/mol. The molecule has 23 heavy (non-hydrogen) atoms. The van der Waals surface area contributed by atoms with Gasteiger partial charge in [-0.25, -0.2) is 4.39 Å². The summed E-state index contributed by atoms with van der Waals surface area (Å²) < 4.78 is 14.3. The van der Waals surface area contributed by atoms with Crippen molar-refractivity contribution in [3.8, 4) is 0 Å². The zero-order valence-electron chi connectivity index (χ0n) is 12.0. The summed E-state index contributed by atoms with van der Waals surface area (Å²) in [6.45, 7) is 1.97. The third-order valence-electron chi connectivity index (χ3n) is 3.36. The van der Waals surface area contributed by atoms with Gasteiger partial charge in [0.25, 0.3) is 5.91 Å². The van der Waals surface area contributed by atoms with Crippen molar-refractivity contribution in [1.29, 1.82) is 0 Å². The summed E-state index contributed by atoms with van der Waals surface area (Å²) in [5.41, 5.74) is 1.98. The van der Waals surface area contributed by atoms with Gasteiger partial charge >= 0.3 is 0 Å². The van der Waals surface area contributed by atoms with Gasteiger partial charge in [-0.15, -0.1) is 0 Å². The van der Waals surface area contributed by atoms with Crippen LogP contribution in [0.3, 0.4) is 0 Å². The molecule has 2 aromatic carbocycles. The van der Waals surface area contributed by atoms with E-state index in [1.165, 1.54) is 23.1 Å². The van der Waals surface area contributed by atoms with Crippen LogP contribution < -0.4 is 4.90 Å². The molecule has 1 amide bonds. The predicted octanol–water partition coefficient (Wildman–Crippen LogP) is 5.19. The molecule has 1 aliphatic rings. The first-order chi connectivity index (χ1) is 11.0. The van der Waals surface area contributed by atoms with Crippen LogP contribution in [0.25, 0.3) is 6.08 Å². The zero-order chi connectivity index (χ0) is 16.6. The van der Waals surface area contributed by atoms with E-state index in [2.05, 4.69) is 0 Å². The van der Waals surface area contributed by atoms with Crippen molar-refractivity contribution in [3.63, 3.8) is 0 Å². The third-order valence-corrected chi connectivity index (χ3v) is 4.99. The van der Waals surface area contributed by atoms with Crippen LogP contribution in [0.1, 0.15) is 11.1 Å². The molecule has 0 unspecified atom stereocenters. The first kappa shape index (κ1) is 16.2. The lowest BCUT2D eigenvalue weighted by molar-refractivity contribution is -0.113. The highest BCUT2D eigenvalue weighted by molar-refractivity contribution is 8.27. The van der Waals surface area contributed by atoms with Crippen LogP contribution in [0.15, 0.2) is 47.4 Å². The SMILES string of the molecule is Cc1ccc(N2C(=O)C(=Cc3c(F)cccc3Cl)SC2=S)cc1. The summed E-state index contributed by atoms with van der Waals surface area (Å²) in [5, 5.41) is 0.255. The molecule has 0 aliphatic carbocycles. The van der Waals surface area contributed by atoms with Crippen molar-refractivity contribution in [2.45, 2.75) is 6.92 Å². The van der Waals surface area contributed by atoms with Crippen molar-refractivity contribution < 1.29 is 9.18 Å². The van der Waals surface area contributed by atoms with Gasteiger partial charge in [0.2, 0.25) is 0 Å². The number of aryl methyl sites for hydroxylation is 1. The fraction of sp³-hybridized carbons (Fsp3) is 0.0588. The van der Waals surface area contributed by atoms with Gasteiger partial charge in [0.1, 0.15) is 5.82 Å². The maximum atomic E-state index is 13.9. The Balaban J connectivity index is 1.98. The van der Waals surface area contributed by atoms with Gasteiger partial charge < -0.3 is 0 Å². The van der Waals surface area contributed by atoms with Crippen LogP contribution in [0, 0.1) is 12.7 Å². The van der Waals surface area contributed by atoms with Gasteiger partial charge in [-0.1, -0.05) is 59.3 Å². The highest BCUT2D eigenvalue weighted by atomic mass is 35.5. The van der Waals surface area contributed by atoms with Crippen LogP contribution in [-0.4, -0.2) is 10.2 Å². The topological polar surface area (TPSA) is 20.3 Å². The van der Waals surface area contributed by atoms with Gasteiger partial charge in [-0.3, -0.25) is 9.69 Å². The molecule has 1 saturated heterocycles. The number of halogens is 2. The molecule has 0 spiro atoms. The summed E-state index contributed by atoms with van der Waals surface area (Å²) >= 11 is 12.4. The van der Waals surface area contributed by atoms with Crippen LogP contribution in [-0.2, 0) is 4.79 Å². The maximum absolute atomic E-state index is 13.9. The molecule has 0 N–H and O–H groups in total. The molecule has 0 radical (unpaired) electrons. The molecular formula is C17H11ClFNOS2. The minimum atomic E-state index is -0.474. The zero-order valence-corrected chi connectivity index (χ0v) is 14.4. The van der Waals surface area contributed by atoms with Crippen LogP contribution in [0.2, 0.25) is 5.02 Å². The molecule has 1 heterocycles. The molecule has 116 valence electrons. The van der Waals surface area contributed by atoms with Gasteiger partial charge in [-0.05, 0) is 37.3 Å². The van der Waals surface area contributed by atoms with Crippen LogP contribution in [0.5, 0.6) is 0 Å². The number of rotatable bonds is 2. The first-order valence-corrected chi connectivity index (χ1v) is 8.36. The van der Waals surface area contributed by atoms with Crippen molar-refractivity contribution in [1.82, 2.24) is 0 Å². The average molecular weight is 364 g/mol. The third kappa shape index (κ3) is 3.17. The molecule has 0 atom stereocenters. The van der Waals surface area contributed by atoms with E-state index in [4.69, 9.17) is 23.8 Å². The van der Waals surface area contributed by atoms with E-state index in [-0.39, 0.29) is 16.5 Å². The van der Waals surface area contributed by atoms with Crippen molar-refractivity contribution in [2.75, 3.05) is 4.90 Å². The number of nitrogens with zero attached hydrogens (tertiary/aromatic N) is 1. The van der Waals surface area contributed by atoms with E-state index in [1.807, 2.05) is 31.2 Å². The van der Waals surface area contributed by atoms with Gasteiger partial charge in [0.15, 0.2) is 4.32 Å². The van der Waals surface area contributed by atoms with E-state index < -0.39 is 5.82 Å². The van der Waals surface area contributed by atoms with E-state index >= 15 is 0 Å². The lowest BCUT2D eigenvalue weighted by Crippen LogP contribution is -2.27.